The molecule has 1 aromatic heterocycles. The number of nitrogens with one attached hydrogen (secondary N) is 1. The molecule has 1 N–H and O–H groups in total. The van der Waals surface area contributed by atoms with Gasteiger partial charge in [-0.3, -0.25) is 9.78 Å². The quantitative estimate of drug-likeness (QED) is 0.791. The van der Waals surface area contributed by atoms with Gasteiger partial charge < -0.3 is 5.32 Å². The fourth-order valence-corrected chi connectivity index (χ4v) is 2.73. The first-order chi connectivity index (χ1) is 10.7. The molecule has 0 fully saturated rings. The zero-order chi connectivity index (χ0) is 15.5. The van der Waals surface area contributed by atoms with Crippen molar-refractivity contribution < 1.29 is 4.79 Å². The number of rotatable bonds is 3. The first kappa shape index (κ1) is 14.3. The number of aromatic nitrogens is 1. The van der Waals surface area contributed by atoms with Crippen molar-refractivity contribution in [3.63, 3.8) is 0 Å². The van der Waals surface area contributed by atoms with Crippen LogP contribution in [0.5, 0.6) is 0 Å². The first-order valence-corrected chi connectivity index (χ1v) is 7.37. The van der Waals surface area contributed by atoms with Crippen LogP contribution in [0, 0.1) is 6.92 Å². The van der Waals surface area contributed by atoms with Crippen molar-refractivity contribution in [3.8, 4) is 0 Å². The van der Waals surface area contributed by atoms with Gasteiger partial charge in [0.05, 0.1) is 11.6 Å². The molecule has 0 bridgehead atoms. The van der Waals surface area contributed by atoms with Crippen LogP contribution < -0.4 is 5.32 Å². The maximum Gasteiger partial charge on any atom is 0.252 e. The van der Waals surface area contributed by atoms with E-state index < -0.39 is 0 Å². The van der Waals surface area contributed by atoms with Gasteiger partial charge in [0.1, 0.15) is 0 Å². The SMILES string of the molecule is Cc1ccccc1[C@H](C)NC(=O)c1cccc2ncccc12. The summed E-state index contributed by atoms with van der Waals surface area (Å²) in [6.07, 6.45) is 1.74. The predicted molar refractivity (Wildman–Crippen MR) is 88.8 cm³/mol. The van der Waals surface area contributed by atoms with Gasteiger partial charge in [0, 0.05) is 17.1 Å². The minimum atomic E-state index is -0.0747. The lowest BCUT2D eigenvalue weighted by atomic mass is 10.0. The van der Waals surface area contributed by atoms with Crippen molar-refractivity contribution in [2.45, 2.75) is 19.9 Å². The molecule has 0 aliphatic rings. The molecule has 0 spiro atoms. The van der Waals surface area contributed by atoms with Crippen molar-refractivity contribution in [3.05, 3.63) is 77.5 Å². The van der Waals surface area contributed by atoms with Crippen molar-refractivity contribution >= 4 is 16.8 Å². The van der Waals surface area contributed by atoms with Gasteiger partial charge in [-0.05, 0) is 43.2 Å². The number of nitrogens with zero attached hydrogens (tertiary/aromatic N) is 1. The largest absolute Gasteiger partial charge is 0.345 e. The van der Waals surface area contributed by atoms with Gasteiger partial charge in [0.25, 0.3) is 5.91 Å². The lowest BCUT2D eigenvalue weighted by Gasteiger charge is -2.17. The Kier molecular flexibility index (Phi) is 3.88. The Bertz CT molecular complexity index is 821. The van der Waals surface area contributed by atoms with Crippen molar-refractivity contribution in [2.24, 2.45) is 0 Å². The molecular formula is C19H18N2O. The third-order valence-electron chi connectivity index (χ3n) is 3.89. The smallest absolute Gasteiger partial charge is 0.252 e. The van der Waals surface area contributed by atoms with E-state index >= 15 is 0 Å². The molecule has 0 radical (unpaired) electrons. The third kappa shape index (κ3) is 2.70. The minimum absolute atomic E-state index is 0.0411. The molecule has 1 atom stereocenters. The molecular weight excluding hydrogens is 272 g/mol. The highest BCUT2D eigenvalue weighted by molar-refractivity contribution is 6.06. The van der Waals surface area contributed by atoms with E-state index in [9.17, 15) is 4.79 Å². The van der Waals surface area contributed by atoms with Crippen LogP contribution >= 0.6 is 0 Å². The van der Waals surface area contributed by atoms with E-state index in [2.05, 4.69) is 23.3 Å². The van der Waals surface area contributed by atoms with Crippen LogP contribution in [-0.4, -0.2) is 10.9 Å². The molecule has 3 heteroatoms. The highest BCUT2D eigenvalue weighted by atomic mass is 16.1. The maximum absolute atomic E-state index is 12.6. The van der Waals surface area contributed by atoms with E-state index in [0.29, 0.717) is 5.56 Å². The van der Waals surface area contributed by atoms with Crippen LogP contribution in [0.4, 0.5) is 0 Å². The van der Waals surface area contributed by atoms with Gasteiger partial charge in [-0.25, -0.2) is 0 Å². The van der Waals surface area contributed by atoms with Crippen LogP contribution in [-0.2, 0) is 0 Å². The van der Waals surface area contributed by atoms with Gasteiger partial charge in [0.15, 0.2) is 0 Å². The van der Waals surface area contributed by atoms with E-state index in [1.807, 2.05) is 55.5 Å². The van der Waals surface area contributed by atoms with Crippen LogP contribution in [0.2, 0.25) is 0 Å². The number of benzene rings is 2. The molecule has 22 heavy (non-hydrogen) atoms. The summed E-state index contributed by atoms with van der Waals surface area (Å²) in [6.45, 7) is 4.06. The first-order valence-electron chi connectivity index (χ1n) is 7.37. The highest BCUT2D eigenvalue weighted by Crippen LogP contribution is 2.20. The second-order valence-electron chi connectivity index (χ2n) is 5.43. The molecule has 110 valence electrons. The zero-order valence-corrected chi connectivity index (χ0v) is 12.7. The molecule has 3 nitrogen and oxygen atoms in total. The van der Waals surface area contributed by atoms with Crippen LogP contribution in [0.15, 0.2) is 60.8 Å². The van der Waals surface area contributed by atoms with E-state index in [1.54, 1.807) is 6.20 Å². The van der Waals surface area contributed by atoms with E-state index in [4.69, 9.17) is 0 Å². The molecule has 0 aliphatic carbocycles. The molecule has 0 unspecified atom stereocenters. The summed E-state index contributed by atoms with van der Waals surface area (Å²) in [7, 11) is 0. The van der Waals surface area contributed by atoms with Crippen LogP contribution in [0.3, 0.4) is 0 Å². The second-order valence-corrected chi connectivity index (χ2v) is 5.43. The number of fused-ring (bicyclic) bond motifs is 1. The van der Waals surface area contributed by atoms with E-state index in [1.165, 1.54) is 5.56 Å². The summed E-state index contributed by atoms with van der Waals surface area (Å²) in [6, 6.07) is 17.4. The monoisotopic (exact) mass is 290 g/mol. The average molecular weight is 290 g/mol. The number of hydrogen-bond acceptors (Lipinski definition) is 2. The molecule has 0 aliphatic heterocycles. The Morgan fingerprint density at radius 1 is 1.05 bits per heavy atom. The van der Waals surface area contributed by atoms with E-state index in [-0.39, 0.29) is 11.9 Å². The number of amides is 1. The molecule has 1 amide bonds. The summed E-state index contributed by atoms with van der Waals surface area (Å²) in [5.41, 5.74) is 3.80. The van der Waals surface area contributed by atoms with Crippen LogP contribution in [0.1, 0.15) is 34.5 Å². The predicted octanol–water partition coefficient (Wildman–Crippen LogP) is 4.03. The number of aryl methyl sites for hydroxylation is 1. The van der Waals surface area contributed by atoms with Crippen molar-refractivity contribution in [1.82, 2.24) is 10.3 Å². The van der Waals surface area contributed by atoms with Crippen molar-refractivity contribution in [1.29, 1.82) is 0 Å². The van der Waals surface area contributed by atoms with Gasteiger partial charge >= 0.3 is 0 Å². The molecule has 0 saturated heterocycles. The highest BCUT2D eigenvalue weighted by Gasteiger charge is 2.15. The summed E-state index contributed by atoms with van der Waals surface area (Å²) < 4.78 is 0. The Morgan fingerprint density at radius 2 is 1.86 bits per heavy atom. The second kappa shape index (κ2) is 5.98. The number of pyridine rings is 1. The van der Waals surface area contributed by atoms with E-state index in [0.717, 1.165) is 16.5 Å². The lowest BCUT2D eigenvalue weighted by molar-refractivity contribution is 0.0941. The molecule has 2 aromatic carbocycles. The molecule has 3 rings (SSSR count). The van der Waals surface area contributed by atoms with Gasteiger partial charge in [0.2, 0.25) is 0 Å². The summed E-state index contributed by atoms with van der Waals surface area (Å²) in [5.74, 6) is -0.0747. The standard InChI is InChI=1S/C19H18N2O/c1-13-7-3-4-8-15(13)14(2)21-19(22)17-9-5-11-18-16(17)10-6-12-20-18/h3-12,14H,1-2H3,(H,21,22)/t14-/m0/s1. The Morgan fingerprint density at radius 3 is 2.68 bits per heavy atom. The Hall–Kier alpha value is -2.68. The van der Waals surface area contributed by atoms with Gasteiger partial charge in [-0.1, -0.05) is 36.4 Å². The molecule has 0 saturated carbocycles. The van der Waals surface area contributed by atoms with Crippen molar-refractivity contribution in [2.75, 3.05) is 0 Å². The fraction of sp³-hybridized carbons (Fsp3) is 0.158. The number of carbonyl (C=O) groups excluding carboxylic acids is 1. The Labute approximate surface area is 130 Å². The summed E-state index contributed by atoms with van der Waals surface area (Å²) in [4.78, 5) is 16.9. The minimum Gasteiger partial charge on any atom is -0.345 e. The fourth-order valence-electron chi connectivity index (χ4n) is 2.73. The summed E-state index contributed by atoms with van der Waals surface area (Å²) in [5, 5.41) is 3.95. The normalized spacial score (nSPS) is 12.1. The summed E-state index contributed by atoms with van der Waals surface area (Å²) >= 11 is 0. The molecule has 3 aromatic rings. The lowest BCUT2D eigenvalue weighted by Crippen LogP contribution is -2.27. The third-order valence-corrected chi connectivity index (χ3v) is 3.89. The topological polar surface area (TPSA) is 42.0 Å². The average Bonchev–Trinajstić information content (AvgIpc) is 2.54. The molecule has 1 heterocycles. The Balaban J connectivity index is 1.89. The van der Waals surface area contributed by atoms with Gasteiger partial charge in [-0.2, -0.15) is 0 Å². The number of carbonyl (C=O) groups is 1. The number of hydrogen-bond donors (Lipinski definition) is 1. The van der Waals surface area contributed by atoms with Gasteiger partial charge in [-0.15, -0.1) is 0 Å². The zero-order valence-electron chi connectivity index (χ0n) is 12.7. The maximum atomic E-state index is 12.6. The van der Waals surface area contributed by atoms with Crippen LogP contribution in [0.25, 0.3) is 10.9 Å².